The standard InChI is InChI=1S/C23H33N5O/c1-4-24-23(25-16-19-11-9-10-18(2)27-19)26-17-21(28-14-7-8-15-28)20-12-5-6-13-22(20)29-3/h5-6,9-13,21H,4,7-8,14-17H2,1-3H3,(H2,24,25,26). The second-order valence-electron chi connectivity index (χ2n) is 7.35. The van der Waals surface area contributed by atoms with Crippen molar-refractivity contribution in [2.45, 2.75) is 39.3 Å². The summed E-state index contributed by atoms with van der Waals surface area (Å²) in [5.74, 6) is 1.76. The second-order valence-corrected chi connectivity index (χ2v) is 7.35. The molecule has 156 valence electrons. The maximum atomic E-state index is 5.65. The quantitative estimate of drug-likeness (QED) is 0.531. The Labute approximate surface area is 174 Å². The van der Waals surface area contributed by atoms with Gasteiger partial charge in [-0.2, -0.15) is 0 Å². The maximum absolute atomic E-state index is 5.65. The average molecular weight is 396 g/mol. The van der Waals surface area contributed by atoms with Gasteiger partial charge < -0.3 is 15.4 Å². The van der Waals surface area contributed by atoms with Gasteiger partial charge in [0.2, 0.25) is 0 Å². The van der Waals surface area contributed by atoms with Crippen LogP contribution >= 0.6 is 0 Å². The molecule has 29 heavy (non-hydrogen) atoms. The zero-order chi connectivity index (χ0) is 20.5. The topological polar surface area (TPSA) is 61.8 Å². The molecule has 3 rings (SSSR count). The number of guanidine groups is 1. The number of methoxy groups -OCH3 is 1. The minimum absolute atomic E-state index is 0.245. The number of para-hydroxylation sites is 1. The average Bonchev–Trinajstić information content (AvgIpc) is 3.27. The summed E-state index contributed by atoms with van der Waals surface area (Å²) in [7, 11) is 1.74. The number of rotatable bonds is 8. The summed E-state index contributed by atoms with van der Waals surface area (Å²) in [4.78, 5) is 11.8. The largest absolute Gasteiger partial charge is 0.496 e. The third kappa shape index (κ3) is 5.94. The highest BCUT2D eigenvalue weighted by Gasteiger charge is 2.26. The fraction of sp³-hybridized carbons (Fsp3) is 0.478. The molecule has 1 fully saturated rings. The van der Waals surface area contributed by atoms with Crippen LogP contribution in [0.3, 0.4) is 0 Å². The molecule has 0 saturated carbocycles. The molecule has 0 aliphatic carbocycles. The van der Waals surface area contributed by atoms with E-state index in [1.165, 1.54) is 18.4 Å². The molecular formula is C23H33N5O. The van der Waals surface area contributed by atoms with Gasteiger partial charge in [-0.1, -0.05) is 24.3 Å². The van der Waals surface area contributed by atoms with Crippen molar-refractivity contribution in [1.82, 2.24) is 20.5 Å². The minimum atomic E-state index is 0.245. The molecule has 2 heterocycles. The summed E-state index contributed by atoms with van der Waals surface area (Å²) >= 11 is 0. The summed E-state index contributed by atoms with van der Waals surface area (Å²) in [5.41, 5.74) is 3.21. The van der Waals surface area contributed by atoms with Crippen molar-refractivity contribution >= 4 is 5.96 Å². The number of ether oxygens (including phenoxy) is 1. The van der Waals surface area contributed by atoms with E-state index in [4.69, 9.17) is 9.73 Å². The van der Waals surface area contributed by atoms with Crippen LogP contribution in [-0.2, 0) is 6.54 Å². The van der Waals surface area contributed by atoms with Gasteiger partial charge in [0, 0.05) is 24.3 Å². The van der Waals surface area contributed by atoms with Gasteiger partial charge in [0.15, 0.2) is 5.96 Å². The lowest BCUT2D eigenvalue weighted by atomic mass is 10.0. The highest BCUT2D eigenvalue weighted by molar-refractivity contribution is 5.79. The van der Waals surface area contributed by atoms with E-state index in [1.54, 1.807) is 7.11 Å². The molecule has 1 atom stereocenters. The van der Waals surface area contributed by atoms with Gasteiger partial charge in [0.1, 0.15) is 5.75 Å². The Morgan fingerprint density at radius 2 is 1.93 bits per heavy atom. The highest BCUT2D eigenvalue weighted by atomic mass is 16.5. The number of aryl methyl sites for hydroxylation is 1. The minimum Gasteiger partial charge on any atom is -0.496 e. The molecule has 6 heteroatoms. The number of nitrogens with zero attached hydrogens (tertiary/aromatic N) is 3. The number of aliphatic imine (C=N–C) groups is 1. The zero-order valence-electron chi connectivity index (χ0n) is 17.8. The van der Waals surface area contributed by atoms with Crippen LogP contribution in [0.15, 0.2) is 47.5 Å². The Hall–Kier alpha value is -2.60. The Kier molecular flexibility index (Phi) is 7.87. The molecule has 0 bridgehead atoms. The smallest absolute Gasteiger partial charge is 0.191 e. The Morgan fingerprint density at radius 1 is 1.14 bits per heavy atom. The van der Waals surface area contributed by atoms with Gasteiger partial charge in [0.25, 0.3) is 0 Å². The molecule has 1 aromatic heterocycles. The van der Waals surface area contributed by atoms with Crippen molar-refractivity contribution in [3.8, 4) is 5.75 Å². The van der Waals surface area contributed by atoms with E-state index in [1.807, 2.05) is 37.3 Å². The number of nitrogens with one attached hydrogen (secondary N) is 2. The summed E-state index contributed by atoms with van der Waals surface area (Å²) < 4.78 is 5.65. The van der Waals surface area contributed by atoms with Gasteiger partial charge in [0.05, 0.1) is 25.4 Å². The van der Waals surface area contributed by atoms with Crippen molar-refractivity contribution in [2.75, 3.05) is 33.3 Å². The van der Waals surface area contributed by atoms with Crippen molar-refractivity contribution < 1.29 is 4.74 Å². The van der Waals surface area contributed by atoms with Crippen LogP contribution in [0.5, 0.6) is 5.75 Å². The number of hydrogen-bond donors (Lipinski definition) is 2. The van der Waals surface area contributed by atoms with E-state index >= 15 is 0 Å². The highest BCUT2D eigenvalue weighted by Crippen LogP contribution is 2.31. The second kappa shape index (κ2) is 10.8. The zero-order valence-corrected chi connectivity index (χ0v) is 17.8. The van der Waals surface area contributed by atoms with Gasteiger partial charge >= 0.3 is 0 Å². The van der Waals surface area contributed by atoms with Gasteiger partial charge in [-0.15, -0.1) is 0 Å². The number of hydrogen-bond acceptors (Lipinski definition) is 4. The van der Waals surface area contributed by atoms with Gasteiger partial charge in [-0.3, -0.25) is 9.88 Å². The Morgan fingerprint density at radius 3 is 2.66 bits per heavy atom. The van der Waals surface area contributed by atoms with Crippen LogP contribution in [0, 0.1) is 6.92 Å². The van der Waals surface area contributed by atoms with E-state index in [-0.39, 0.29) is 6.04 Å². The number of likely N-dealkylation sites (tertiary alicyclic amines) is 1. The molecule has 1 saturated heterocycles. The first kappa shape index (κ1) is 21.1. The summed E-state index contributed by atoms with van der Waals surface area (Å²) in [5, 5.41) is 6.90. The van der Waals surface area contributed by atoms with Crippen LogP contribution in [-0.4, -0.2) is 49.1 Å². The van der Waals surface area contributed by atoms with Gasteiger partial charge in [-0.25, -0.2) is 4.99 Å². The van der Waals surface area contributed by atoms with E-state index in [0.29, 0.717) is 6.54 Å². The van der Waals surface area contributed by atoms with E-state index in [0.717, 1.165) is 49.3 Å². The monoisotopic (exact) mass is 395 g/mol. The van der Waals surface area contributed by atoms with E-state index in [2.05, 4.69) is 39.6 Å². The lowest BCUT2D eigenvalue weighted by Gasteiger charge is -2.30. The fourth-order valence-corrected chi connectivity index (χ4v) is 3.81. The maximum Gasteiger partial charge on any atom is 0.191 e. The molecule has 0 amide bonds. The SMILES string of the molecule is CCNC(=NCc1cccc(C)n1)NCC(c1ccccc1OC)N1CCCC1. The molecular weight excluding hydrogens is 362 g/mol. The first-order valence-electron chi connectivity index (χ1n) is 10.5. The number of pyridine rings is 1. The van der Waals surface area contributed by atoms with Crippen LogP contribution in [0.25, 0.3) is 0 Å². The van der Waals surface area contributed by atoms with Crippen LogP contribution in [0.1, 0.15) is 42.8 Å². The van der Waals surface area contributed by atoms with E-state index < -0.39 is 0 Å². The first-order valence-corrected chi connectivity index (χ1v) is 10.5. The normalized spacial score (nSPS) is 15.9. The fourth-order valence-electron chi connectivity index (χ4n) is 3.81. The number of benzene rings is 1. The molecule has 0 radical (unpaired) electrons. The molecule has 0 spiro atoms. The van der Waals surface area contributed by atoms with Crippen molar-refractivity contribution in [2.24, 2.45) is 4.99 Å². The lowest BCUT2D eigenvalue weighted by Crippen LogP contribution is -2.42. The third-order valence-corrected chi connectivity index (χ3v) is 5.23. The predicted molar refractivity (Wildman–Crippen MR) is 118 cm³/mol. The van der Waals surface area contributed by atoms with E-state index in [9.17, 15) is 0 Å². The summed E-state index contributed by atoms with van der Waals surface area (Å²) in [6.07, 6.45) is 2.50. The molecule has 2 N–H and O–H groups in total. The van der Waals surface area contributed by atoms with Crippen LogP contribution in [0.2, 0.25) is 0 Å². The van der Waals surface area contributed by atoms with Gasteiger partial charge in [-0.05, 0) is 58.0 Å². The summed E-state index contributed by atoms with van der Waals surface area (Å²) in [6.45, 7) is 8.46. The Balaban J connectivity index is 1.74. The molecule has 6 nitrogen and oxygen atoms in total. The predicted octanol–water partition coefficient (Wildman–Crippen LogP) is 3.29. The third-order valence-electron chi connectivity index (χ3n) is 5.23. The first-order chi connectivity index (χ1) is 14.2. The lowest BCUT2D eigenvalue weighted by molar-refractivity contribution is 0.239. The Bertz CT molecular complexity index is 801. The molecule has 1 unspecified atom stereocenters. The van der Waals surface area contributed by atoms with Crippen LogP contribution in [0.4, 0.5) is 0 Å². The molecule has 1 aliphatic rings. The summed E-state index contributed by atoms with van der Waals surface area (Å²) in [6, 6.07) is 14.6. The molecule has 1 aliphatic heterocycles. The van der Waals surface area contributed by atoms with Crippen molar-refractivity contribution in [3.63, 3.8) is 0 Å². The van der Waals surface area contributed by atoms with Crippen molar-refractivity contribution in [3.05, 3.63) is 59.4 Å². The molecule has 1 aromatic carbocycles. The van der Waals surface area contributed by atoms with Crippen molar-refractivity contribution in [1.29, 1.82) is 0 Å². The molecule has 2 aromatic rings. The number of aromatic nitrogens is 1. The van der Waals surface area contributed by atoms with Crippen LogP contribution < -0.4 is 15.4 Å².